The van der Waals surface area contributed by atoms with Crippen molar-refractivity contribution >= 4 is 33.4 Å². The van der Waals surface area contributed by atoms with Crippen molar-refractivity contribution in [2.75, 3.05) is 13.6 Å². The maximum Gasteiger partial charge on any atom is 0.269 e. The molecule has 27 heavy (non-hydrogen) atoms. The van der Waals surface area contributed by atoms with Gasteiger partial charge < -0.3 is 0 Å². The van der Waals surface area contributed by atoms with Gasteiger partial charge in [-0.2, -0.15) is 4.31 Å². The molecule has 7 nitrogen and oxygen atoms in total. The average molecular weight is 410 g/mol. The number of amides is 2. The van der Waals surface area contributed by atoms with Crippen molar-refractivity contribution in [1.29, 1.82) is 0 Å². The van der Waals surface area contributed by atoms with E-state index in [0.717, 1.165) is 15.4 Å². The Morgan fingerprint density at radius 3 is 2.22 bits per heavy atom. The van der Waals surface area contributed by atoms with Gasteiger partial charge in [0.05, 0.1) is 11.4 Å². The van der Waals surface area contributed by atoms with Gasteiger partial charge in [-0.15, -0.1) is 0 Å². The highest BCUT2D eigenvalue weighted by atomic mass is 35.5. The lowest BCUT2D eigenvalue weighted by atomic mass is 10.1. The number of hydrogen-bond donors (Lipinski definition) is 2. The van der Waals surface area contributed by atoms with Crippen LogP contribution in [-0.4, -0.2) is 38.1 Å². The number of carbonyl (C=O) groups excluding carboxylic acids is 2. The number of rotatable bonds is 5. The maximum atomic E-state index is 12.6. The largest absolute Gasteiger partial charge is 0.272 e. The highest BCUT2D eigenvalue weighted by molar-refractivity contribution is 7.89. The maximum absolute atomic E-state index is 12.6. The highest BCUT2D eigenvalue weighted by Gasteiger charge is 2.23. The molecule has 144 valence electrons. The van der Waals surface area contributed by atoms with Crippen LogP contribution in [0.5, 0.6) is 0 Å². The number of sulfonamides is 1. The van der Waals surface area contributed by atoms with E-state index in [4.69, 9.17) is 11.6 Å². The molecule has 0 spiro atoms. The minimum Gasteiger partial charge on any atom is -0.272 e. The fourth-order valence-electron chi connectivity index (χ4n) is 2.18. The fourth-order valence-corrected chi connectivity index (χ4v) is 3.52. The first-order chi connectivity index (χ1) is 12.6. The predicted octanol–water partition coefficient (Wildman–Crippen LogP) is 2.04. The van der Waals surface area contributed by atoms with Crippen molar-refractivity contribution < 1.29 is 18.0 Å². The number of carbonyl (C=O) groups is 2. The number of hydrazine groups is 1. The summed E-state index contributed by atoms with van der Waals surface area (Å²) >= 11 is 5.75. The molecular formula is C18H20ClN3O4S. The third kappa shape index (κ3) is 5.29. The zero-order chi connectivity index (χ0) is 20.2. The topological polar surface area (TPSA) is 95.6 Å². The van der Waals surface area contributed by atoms with E-state index < -0.39 is 28.4 Å². The molecule has 0 saturated carbocycles. The molecule has 0 saturated heterocycles. The van der Waals surface area contributed by atoms with Gasteiger partial charge in [0, 0.05) is 17.6 Å². The van der Waals surface area contributed by atoms with Crippen molar-refractivity contribution in [1.82, 2.24) is 15.2 Å². The molecule has 0 aliphatic rings. The number of nitrogens with zero attached hydrogens (tertiary/aromatic N) is 1. The second-order valence-electron chi connectivity index (χ2n) is 6.02. The summed E-state index contributed by atoms with van der Waals surface area (Å²) in [7, 11) is -2.53. The Kier molecular flexibility index (Phi) is 6.59. The number of nitrogens with one attached hydrogen (secondary N) is 2. The minimum atomic E-state index is -3.82. The van der Waals surface area contributed by atoms with Crippen LogP contribution in [0.1, 0.15) is 21.5 Å². The van der Waals surface area contributed by atoms with Crippen molar-refractivity contribution in [2.45, 2.75) is 18.7 Å². The van der Waals surface area contributed by atoms with Gasteiger partial charge in [0.15, 0.2) is 0 Å². The Balaban J connectivity index is 1.96. The Labute approximate surface area is 163 Å². The van der Waals surface area contributed by atoms with Crippen LogP contribution < -0.4 is 10.9 Å². The molecule has 2 amide bonds. The normalized spacial score (nSPS) is 11.3. The molecule has 0 aliphatic heterocycles. The monoisotopic (exact) mass is 409 g/mol. The van der Waals surface area contributed by atoms with Gasteiger partial charge in [0.25, 0.3) is 11.8 Å². The Morgan fingerprint density at radius 1 is 1.00 bits per heavy atom. The van der Waals surface area contributed by atoms with Gasteiger partial charge in [-0.1, -0.05) is 17.7 Å². The number of benzene rings is 2. The molecule has 2 N–H and O–H groups in total. The summed E-state index contributed by atoms with van der Waals surface area (Å²) in [6.07, 6.45) is 0. The van der Waals surface area contributed by atoms with E-state index in [0.29, 0.717) is 10.6 Å². The van der Waals surface area contributed by atoms with Crippen LogP contribution in [0.25, 0.3) is 0 Å². The number of halogens is 1. The first-order valence-electron chi connectivity index (χ1n) is 7.99. The van der Waals surface area contributed by atoms with Gasteiger partial charge in [0.2, 0.25) is 10.0 Å². The fraction of sp³-hybridized carbons (Fsp3) is 0.222. The van der Waals surface area contributed by atoms with Crippen LogP contribution in [0.4, 0.5) is 0 Å². The minimum absolute atomic E-state index is 0.103. The van der Waals surface area contributed by atoms with E-state index in [2.05, 4.69) is 10.9 Å². The molecule has 2 aromatic carbocycles. The molecule has 2 aromatic rings. The molecule has 0 aliphatic carbocycles. The van der Waals surface area contributed by atoms with Crippen LogP contribution in [0.15, 0.2) is 47.4 Å². The van der Waals surface area contributed by atoms with E-state index in [1.807, 2.05) is 13.8 Å². The standard InChI is InChI=1S/C18H20ClN3O4S/c1-12-4-9-16(10-13(12)2)27(25,26)22(3)11-17(23)20-21-18(24)14-5-7-15(19)8-6-14/h4-10H,11H2,1-3H3,(H,20,23)(H,21,24). The second-order valence-corrected chi connectivity index (χ2v) is 8.50. The van der Waals surface area contributed by atoms with E-state index in [1.165, 1.54) is 25.2 Å². The summed E-state index contributed by atoms with van der Waals surface area (Å²) in [6, 6.07) is 10.9. The smallest absolute Gasteiger partial charge is 0.269 e. The summed E-state index contributed by atoms with van der Waals surface area (Å²) in [5.74, 6) is -1.22. The van der Waals surface area contributed by atoms with Crippen LogP contribution in [0.2, 0.25) is 5.02 Å². The number of hydrogen-bond acceptors (Lipinski definition) is 4. The van der Waals surface area contributed by atoms with Gasteiger partial charge in [-0.05, 0) is 61.4 Å². The second kappa shape index (κ2) is 8.51. The summed E-state index contributed by atoms with van der Waals surface area (Å²) in [6.45, 7) is 3.25. The van der Waals surface area contributed by atoms with Crippen molar-refractivity contribution in [3.8, 4) is 0 Å². The third-order valence-corrected chi connectivity index (χ3v) is 6.03. The van der Waals surface area contributed by atoms with Crippen LogP contribution in [0, 0.1) is 13.8 Å². The molecule has 9 heteroatoms. The van der Waals surface area contributed by atoms with E-state index in [9.17, 15) is 18.0 Å². The highest BCUT2D eigenvalue weighted by Crippen LogP contribution is 2.18. The lowest BCUT2D eigenvalue weighted by Crippen LogP contribution is -2.46. The van der Waals surface area contributed by atoms with Gasteiger partial charge in [-0.25, -0.2) is 8.42 Å². The van der Waals surface area contributed by atoms with Crippen LogP contribution in [-0.2, 0) is 14.8 Å². The lowest BCUT2D eigenvalue weighted by Gasteiger charge is -2.17. The molecule has 0 heterocycles. The molecule has 0 aromatic heterocycles. The van der Waals surface area contributed by atoms with Crippen LogP contribution >= 0.6 is 11.6 Å². The quantitative estimate of drug-likeness (QED) is 0.738. The third-order valence-electron chi connectivity index (χ3n) is 3.97. The molecular weight excluding hydrogens is 390 g/mol. The predicted molar refractivity (Wildman–Crippen MR) is 103 cm³/mol. The first kappa shape index (κ1) is 20.9. The van der Waals surface area contributed by atoms with E-state index >= 15 is 0 Å². The molecule has 0 atom stereocenters. The summed E-state index contributed by atoms with van der Waals surface area (Å²) in [5.41, 5.74) is 6.53. The average Bonchev–Trinajstić information content (AvgIpc) is 2.62. The zero-order valence-corrected chi connectivity index (χ0v) is 16.7. The zero-order valence-electron chi connectivity index (χ0n) is 15.1. The van der Waals surface area contributed by atoms with Crippen LogP contribution in [0.3, 0.4) is 0 Å². The van der Waals surface area contributed by atoms with Crippen molar-refractivity contribution in [3.63, 3.8) is 0 Å². The van der Waals surface area contributed by atoms with E-state index in [-0.39, 0.29) is 4.90 Å². The molecule has 0 unspecified atom stereocenters. The molecule has 0 radical (unpaired) electrons. The molecule has 2 rings (SSSR count). The van der Waals surface area contributed by atoms with E-state index in [1.54, 1.807) is 24.3 Å². The van der Waals surface area contributed by atoms with Gasteiger partial charge in [-0.3, -0.25) is 20.4 Å². The number of aryl methyl sites for hydroxylation is 2. The van der Waals surface area contributed by atoms with Crippen molar-refractivity contribution in [2.24, 2.45) is 0 Å². The van der Waals surface area contributed by atoms with Gasteiger partial charge >= 0.3 is 0 Å². The summed E-state index contributed by atoms with van der Waals surface area (Å²) in [4.78, 5) is 24.0. The Hall–Kier alpha value is -2.42. The summed E-state index contributed by atoms with van der Waals surface area (Å²) < 4.78 is 26.1. The Morgan fingerprint density at radius 2 is 1.63 bits per heavy atom. The molecule has 0 bridgehead atoms. The molecule has 0 fully saturated rings. The summed E-state index contributed by atoms with van der Waals surface area (Å²) in [5, 5.41) is 0.480. The lowest BCUT2D eigenvalue weighted by molar-refractivity contribution is -0.121. The van der Waals surface area contributed by atoms with Crippen molar-refractivity contribution in [3.05, 3.63) is 64.2 Å². The van der Waals surface area contributed by atoms with Gasteiger partial charge in [0.1, 0.15) is 0 Å². The Bertz CT molecular complexity index is 959. The SMILES string of the molecule is Cc1ccc(S(=O)(=O)N(C)CC(=O)NNC(=O)c2ccc(Cl)cc2)cc1C. The first-order valence-corrected chi connectivity index (χ1v) is 9.81. The number of likely N-dealkylation sites (N-methyl/N-ethyl adjacent to an activating group) is 1.